The monoisotopic (exact) mass is 368 g/mol. The minimum absolute atomic E-state index is 0.0131. The zero-order chi connectivity index (χ0) is 16.2. The van der Waals surface area contributed by atoms with Crippen molar-refractivity contribution in [3.05, 3.63) is 22.7 Å². The van der Waals surface area contributed by atoms with Gasteiger partial charge in [0.1, 0.15) is 0 Å². The quantitative estimate of drug-likeness (QED) is 0.833. The van der Waals surface area contributed by atoms with Gasteiger partial charge in [0.25, 0.3) is 0 Å². The maximum Gasteiger partial charge on any atom is 0.573 e. The lowest BCUT2D eigenvalue weighted by molar-refractivity contribution is -0.274. The van der Waals surface area contributed by atoms with Crippen LogP contribution in [-0.2, 0) is 4.79 Å². The molecule has 8 heteroatoms. The van der Waals surface area contributed by atoms with E-state index in [1.807, 2.05) is 13.8 Å². The van der Waals surface area contributed by atoms with Gasteiger partial charge in [-0.1, -0.05) is 29.8 Å². The first-order valence-electron chi connectivity index (χ1n) is 6.19. The number of hydrogen-bond acceptors (Lipinski definition) is 3. The third-order valence-electron chi connectivity index (χ3n) is 2.72. The Bertz CT molecular complexity index is 507. The summed E-state index contributed by atoms with van der Waals surface area (Å²) in [7, 11) is 0. The smallest absolute Gasteiger partial charge is 0.404 e. The van der Waals surface area contributed by atoms with Crippen LogP contribution >= 0.6 is 15.9 Å². The molecular weight excluding hydrogens is 353 g/mol. The number of carbonyl (C=O) groups is 1. The van der Waals surface area contributed by atoms with Crippen LogP contribution in [0.5, 0.6) is 5.75 Å². The van der Waals surface area contributed by atoms with Crippen LogP contribution in [0.3, 0.4) is 0 Å². The van der Waals surface area contributed by atoms with Gasteiger partial charge in [-0.15, -0.1) is 13.2 Å². The highest BCUT2D eigenvalue weighted by atomic mass is 79.9. The minimum atomic E-state index is -4.84. The van der Waals surface area contributed by atoms with Crippen LogP contribution in [0.1, 0.15) is 20.3 Å². The van der Waals surface area contributed by atoms with Crippen molar-refractivity contribution in [2.45, 2.75) is 32.7 Å². The summed E-state index contributed by atoms with van der Waals surface area (Å²) in [6, 6.07) is 3.59. The molecule has 0 fully saturated rings. The molecule has 0 aromatic heterocycles. The molecule has 0 heterocycles. The lowest BCUT2D eigenvalue weighted by Gasteiger charge is -2.17. The number of carbonyl (C=O) groups excluding carboxylic acids is 1. The molecule has 1 rings (SSSR count). The molecule has 118 valence electrons. The third-order valence-corrected chi connectivity index (χ3v) is 3.21. The number of amides is 1. The van der Waals surface area contributed by atoms with Gasteiger partial charge in [-0.3, -0.25) is 4.79 Å². The fraction of sp³-hybridized carbons (Fsp3) is 0.462. The molecule has 4 nitrogen and oxygen atoms in total. The van der Waals surface area contributed by atoms with Gasteiger partial charge in [0.2, 0.25) is 5.91 Å². The predicted molar refractivity (Wildman–Crippen MR) is 76.9 cm³/mol. The van der Waals surface area contributed by atoms with E-state index in [0.717, 1.165) is 6.07 Å². The predicted octanol–water partition coefficient (Wildman–Crippen LogP) is 3.66. The summed E-state index contributed by atoms with van der Waals surface area (Å²) in [6.07, 6.45) is -4.83. The lowest BCUT2D eigenvalue weighted by Crippen LogP contribution is -2.31. The molecular formula is C13H16BrF3N2O2. The van der Waals surface area contributed by atoms with Gasteiger partial charge in [-0.05, 0) is 24.1 Å². The van der Waals surface area contributed by atoms with Gasteiger partial charge < -0.3 is 15.8 Å². The van der Waals surface area contributed by atoms with Gasteiger partial charge in [-0.25, -0.2) is 0 Å². The fourth-order valence-electron chi connectivity index (χ4n) is 1.46. The van der Waals surface area contributed by atoms with Crippen LogP contribution in [0.2, 0.25) is 0 Å². The first-order chi connectivity index (χ1) is 9.58. The topological polar surface area (TPSA) is 64.4 Å². The van der Waals surface area contributed by atoms with Gasteiger partial charge >= 0.3 is 6.36 Å². The average Bonchev–Trinajstić information content (AvgIpc) is 2.30. The van der Waals surface area contributed by atoms with E-state index in [4.69, 9.17) is 5.73 Å². The second-order valence-electron chi connectivity index (χ2n) is 4.85. The van der Waals surface area contributed by atoms with E-state index in [2.05, 4.69) is 26.0 Å². The van der Waals surface area contributed by atoms with Crippen molar-refractivity contribution < 1.29 is 22.7 Å². The molecule has 1 unspecified atom stereocenters. The summed E-state index contributed by atoms with van der Waals surface area (Å²) in [5, 5.41) is 2.38. The summed E-state index contributed by atoms with van der Waals surface area (Å²) in [6.45, 7) is 3.71. The molecule has 0 saturated heterocycles. The Morgan fingerprint density at radius 2 is 2.05 bits per heavy atom. The van der Waals surface area contributed by atoms with E-state index < -0.39 is 18.0 Å². The Labute approximate surface area is 129 Å². The molecule has 0 aliphatic rings. The summed E-state index contributed by atoms with van der Waals surface area (Å²) in [4.78, 5) is 11.8. The molecule has 0 aliphatic heterocycles. The number of nitrogens with one attached hydrogen (secondary N) is 1. The van der Waals surface area contributed by atoms with Crippen molar-refractivity contribution in [1.82, 2.24) is 0 Å². The molecule has 1 aromatic carbocycles. The standard InChI is InChI=1S/C13H16BrF3N2O2/c1-7(2)9(18)6-12(20)19-10-4-3-8(14)5-11(10)21-13(15,16)17/h3-5,7,9H,6,18H2,1-2H3,(H,19,20). The zero-order valence-corrected chi connectivity index (χ0v) is 13.1. The molecule has 0 spiro atoms. The third kappa shape index (κ3) is 6.34. The molecule has 3 N–H and O–H groups in total. The first-order valence-corrected chi connectivity index (χ1v) is 6.98. The number of anilines is 1. The SMILES string of the molecule is CC(C)C(N)CC(=O)Nc1ccc(Br)cc1OC(F)(F)F. The summed E-state index contributed by atoms with van der Waals surface area (Å²) in [5.41, 5.74) is 5.70. The van der Waals surface area contributed by atoms with Crippen LogP contribution < -0.4 is 15.8 Å². The van der Waals surface area contributed by atoms with Crippen LogP contribution in [0.15, 0.2) is 22.7 Å². The van der Waals surface area contributed by atoms with Gasteiger partial charge in [0.05, 0.1) is 5.69 Å². The van der Waals surface area contributed by atoms with Crippen LogP contribution in [0.4, 0.5) is 18.9 Å². The van der Waals surface area contributed by atoms with Gasteiger partial charge in [-0.2, -0.15) is 0 Å². The molecule has 21 heavy (non-hydrogen) atoms. The number of hydrogen-bond donors (Lipinski definition) is 2. The number of alkyl halides is 3. The Morgan fingerprint density at radius 3 is 2.57 bits per heavy atom. The van der Waals surface area contributed by atoms with E-state index in [-0.39, 0.29) is 24.1 Å². The fourth-order valence-corrected chi connectivity index (χ4v) is 1.80. The number of benzene rings is 1. The zero-order valence-electron chi connectivity index (χ0n) is 11.5. The van der Waals surface area contributed by atoms with Crippen LogP contribution in [-0.4, -0.2) is 18.3 Å². The molecule has 0 aliphatic carbocycles. The van der Waals surface area contributed by atoms with Crippen molar-refractivity contribution in [3.63, 3.8) is 0 Å². The normalized spacial score (nSPS) is 13.1. The number of rotatable bonds is 5. The van der Waals surface area contributed by atoms with Crippen molar-refractivity contribution in [2.75, 3.05) is 5.32 Å². The van der Waals surface area contributed by atoms with E-state index in [1.54, 1.807) is 0 Å². The van der Waals surface area contributed by atoms with E-state index >= 15 is 0 Å². The molecule has 1 atom stereocenters. The van der Waals surface area contributed by atoms with Crippen molar-refractivity contribution in [2.24, 2.45) is 11.7 Å². The maximum atomic E-state index is 12.3. The Morgan fingerprint density at radius 1 is 1.43 bits per heavy atom. The van der Waals surface area contributed by atoms with Crippen molar-refractivity contribution in [3.8, 4) is 5.75 Å². The largest absolute Gasteiger partial charge is 0.573 e. The number of ether oxygens (including phenoxy) is 1. The Balaban J connectivity index is 2.85. The number of halogens is 4. The summed E-state index contributed by atoms with van der Waals surface area (Å²) < 4.78 is 41.3. The molecule has 0 saturated carbocycles. The summed E-state index contributed by atoms with van der Waals surface area (Å²) in [5.74, 6) is -0.861. The van der Waals surface area contributed by atoms with Crippen molar-refractivity contribution in [1.29, 1.82) is 0 Å². The lowest BCUT2D eigenvalue weighted by atomic mass is 10.0. The molecule has 0 radical (unpaired) electrons. The van der Waals surface area contributed by atoms with Crippen LogP contribution in [0, 0.1) is 5.92 Å². The van der Waals surface area contributed by atoms with E-state index in [1.165, 1.54) is 12.1 Å². The van der Waals surface area contributed by atoms with Crippen LogP contribution in [0.25, 0.3) is 0 Å². The maximum absolute atomic E-state index is 12.3. The highest BCUT2D eigenvalue weighted by molar-refractivity contribution is 9.10. The highest BCUT2D eigenvalue weighted by Gasteiger charge is 2.32. The second-order valence-corrected chi connectivity index (χ2v) is 5.76. The van der Waals surface area contributed by atoms with E-state index in [0.29, 0.717) is 4.47 Å². The highest BCUT2D eigenvalue weighted by Crippen LogP contribution is 2.33. The number of nitrogens with two attached hydrogens (primary N) is 1. The Hall–Kier alpha value is -1.28. The summed E-state index contributed by atoms with van der Waals surface area (Å²) >= 11 is 3.05. The van der Waals surface area contributed by atoms with E-state index in [9.17, 15) is 18.0 Å². The molecule has 1 amide bonds. The molecule has 1 aromatic rings. The molecule has 0 bridgehead atoms. The average molecular weight is 369 g/mol. The van der Waals surface area contributed by atoms with Crippen molar-refractivity contribution >= 4 is 27.5 Å². The first kappa shape index (κ1) is 17.8. The Kier molecular flexibility index (Phi) is 6.03. The van der Waals surface area contributed by atoms with Gasteiger partial charge in [0, 0.05) is 16.9 Å². The second kappa shape index (κ2) is 7.13. The minimum Gasteiger partial charge on any atom is -0.404 e. The van der Waals surface area contributed by atoms with Gasteiger partial charge in [0.15, 0.2) is 5.75 Å².